The van der Waals surface area contributed by atoms with Crippen molar-refractivity contribution in [2.75, 3.05) is 6.54 Å². The van der Waals surface area contributed by atoms with E-state index in [0.29, 0.717) is 36.4 Å². The van der Waals surface area contributed by atoms with Gasteiger partial charge in [0, 0.05) is 18.5 Å². The van der Waals surface area contributed by atoms with Crippen molar-refractivity contribution in [1.82, 2.24) is 4.90 Å². The Kier molecular flexibility index (Phi) is 4.38. The van der Waals surface area contributed by atoms with Gasteiger partial charge in [0.15, 0.2) is 5.69 Å². The Labute approximate surface area is 145 Å². The lowest BCUT2D eigenvalue weighted by Crippen LogP contribution is -2.54. The number of hydrogen-bond donors (Lipinski definition) is 2. The first-order chi connectivity index (χ1) is 11.6. The summed E-state index contributed by atoms with van der Waals surface area (Å²) in [6.45, 7) is 11.0. The molecule has 2 N–H and O–H groups in total. The molecule has 25 heavy (non-hydrogen) atoms. The molecule has 2 heterocycles. The maximum absolute atomic E-state index is 12.3. The van der Waals surface area contributed by atoms with Crippen molar-refractivity contribution >= 4 is 19.4 Å². The van der Waals surface area contributed by atoms with Gasteiger partial charge in [-0.3, -0.25) is 9.32 Å². The summed E-state index contributed by atoms with van der Waals surface area (Å²) >= 11 is 0. The molecule has 0 bridgehead atoms. The Bertz CT molecular complexity index is 796. The third-order valence-corrected chi connectivity index (χ3v) is 4.98. The molecule has 0 saturated carbocycles. The monoisotopic (exact) mass is 366 g/mol. The lowest BCUT2D eigenvalue weighted by molar-refractivity contribution is -0.138. The molecule has 2 atom stereocenters. The van der Waals surface area contributed by atoms with Crippen LogP contribution in [0, 0.1) is 6.57 Å². The highest BCUT2D eigenvalue weighted by atomic mass is 31.2. The van der Waals surface area contributed by atoms with Crippen molar-refractivity contribution in [2.45, 2.75) is 44.4 Å². The number of hydrogen-bond acceptors (Lipinski definition) is 4. The van der Waals surface area contributed by atoms with Gasteiger partial charge in [-0.15, -0.1) is 0 Å². The molecular weight excluding hydrogens is 347 g/mol. The number of nitrogens with zero attached hydrogens (tertiary/aromatic N) is 2. The molecule has 0 aliphatic carbocycles. The van der Waals surface area contributed by atoms with Crippen LogP contribution >= 0.6 is 7.82 Å². The molecule has 0 radical (unpaired) electrons. The fraction of sp³-hybridized carbons (Fsp3) is 0.500. The summed E-state index contributed by atoms with van der Waals surface area (Å²) < 4.78 is 22.5. The van der Waals surface area contributed by atoms with Crippen LogP contribution in [0.15, 0.2) is 18.2 Å². The van der Waals surface area contributed by atoms with Crippen molar-refractivity contribution in [1.29, 1.82) is 0 Å². The number of carbonyl (C=O) groups is 1. The van der Waals surface area contributed by atoms with Crippen LogP contribution in [-0.4, -0.2) is 38.8 Å². The largest absolute Gasteiger partial charge is 0.485 e. The van der Waals surface area contributed by atoms with E-state index in [2.05, 4.69) is 4.85 Å². The number of ether oxygens (including phenoxy) is 1. The SMILES string of the molecule is [C-]#[N+]c1ccc2c(c1)C(N1CCCC1=O)[C@@H](OP(=O)(O)O)C(C)(C)O2. The lowest BCUT2D eigenvalue weighted by Gasteiger charge is -2.47. The molecule has 9 heteroatoms. The smallest absolute Gasteiger partial charge is 0.470 e. The molecule has 134 valence electrons. The van der Waals surface area contributed by atoms with E-state index in [1.165, 1.54) is 0 Å². The summed E-state index contributed by atoms with van der Waals surface area (Å²) in [4.78, 5) is 36.0. The molecule has 1 fully saturated rings. The molecular formula is C16H19N2O6P. The molecule has 1 aromatic carbocycles. The molecule has 1 unspecified atom stereocenters. The fourth-order valence-electron chi connectivity index (χ4n) is 3.44. The summed E-state index contributed by atoms with van der Waals surface area (Å²) in [5.41, 5.74) is -0.198. The van der Waals surface area contributed by atoms with E-state index in [1.807, 2.05) is 0 Å². The molecule has 1 aromatic rings. The zero-order valence-electron chi connectivity index (χ0n) is 13.9. The molecule has 2 aliphatic rings. The van der Waals surface area contributed by atoms with E-state index < -0.39 is 25.6 Å². The third-order valence-electron chi connectivity index (χ3n) is 4.48. The predicted octanol–water partition coefficient (Wildman–Crippen LogP) is 2.55. The van der Waals surface area contributed by atoms with Gasteiger partial charge in [-0.1, -0.05) is 6.07 Å². The Morgan fingerprint density at radius 2 is 2.16 bits per heavy atom. The van der Waals surface area contributed by atoms with Crippen LogP contribution in [0.5, 0.6) is 5.75 Å². The molecule has 8 nitrogen and oxygen atoms in total. The van der Waals surface area contributed by atoms with E-state index in [4.69, 9.17) is 15.8 Å². The van der Waals surface area contributed by atoms with Gasteiger partial charge in [0.05, 0.1) is 12.6 Å². The summed E-state index contributed by atoms with van der Waals surface area (Å²) in [5.74, 6) is 0.369. The van der Waals surface area contributed by atoms with Gasteiger partial charge < -0.3 is 19.4 Å². The second kappa shape index (κ2) is 6.11. The Morgan fingerprint density at radius 3 is 2.72 bits per heavy atom. The summed E-state index contributed by atoms with van der Waals surface area (Å²) in [6.07, 6.45) is -0.0427. The number of amides is 1. The zero-order chi connectivity index (χ0) is 18.4. The molecule has 0 aromatic heterocycles. The second-order valence-electron chi connectivity index (χ2n) is 6.69. The number of carbonyl (C=O) groups excluding carboxylic acids is 1. The van der Waals surface area contributed by atoms with Crippen LogP contribution in [0.25, 0.3) is 4.85 Å². The van der Waals surface area contributed by atoms with Crippen molar-refractivity contribution in [2.24, 2.45) is 0 Å². The molecule has 1 amide bonds. The van der Waals surface area contributed by atoms with E-state index in [1.54, 1.807) is 36.9 Å². The number of phosphoric acid groups is 1. The van der Waals surface area contributed by atoms with Gasteiger partial charge in [0.1, 0.15) is 17.5 Å². The van der Waals surface area contributed by atoms with E-state index in [9.17, 15) is 19.1 Å². The van der Waals surface area contributed by atoms with Gasteiger partial charge in [-0.25, -0.2) is 9.41 Å². The minimum absolute atomic E-state index is 0.110. The first kappa shape index (κ1) is 17.9. The first-order valence-corrected chi connectivity index (χ1v) is 9.39. The van der Waals surface area contributed by atoms with Gasteiger partial charge in [0.2, 0.25) is 5.91 Å². The number of phosphoric ester groups is 1. The van der Waals surface area contributed by atoms with Crippen molar-refractivity contribution in [3.8, 4) is 5.75 Å². The van der Waals surface area contributed by atoms with Gasteiger partial charge in [0.25, 0.3) is 0 Å². The van der Waals surface area contributed by atoms with Crippen LogP contribution < -0.4 is 4.74 Å². The Balaban J connectivity index is 2.16. The maximum atomic E-state index is 12.3. The van der Waals surface area contributed by atoms with Crippen LogP contribution in [0.4, 0.5) is 5.69 Å². The highest BCUT2D eigenvalue weighted by Crippen LogP contribution is 2.51. The number of benzene rings is 1. The maximum Gasteiger partial charge on any atom is 0.470 e. The van der Waals surface area contributed by atoms with Crippen LogP contribution in [0.3, 0.4) is 0 Å². The van der Waals surface area contributed by atoms with E-state index >= 15 is 0 Å². The van der Waals surface area contributed by atoms with Crippen molar-refractivity contribution in [3.63, 3.8) is 0 Å². The van der Waals surface area contributed by atoms with Crippen molar-refractivity contribution in [3.05, 3.63) is 35.2 Å². The highest BCUT2D eigenvalue weighted by Gasteiger charge is 2.51. The van der Waals surface area contributed by atoms with Crippen molar-refractivity contribution < 1.29 is 28.4 Å². The number of fused-ring (bicyclic) bond motifs is 1. The minimum atomic E-state index is -4.82. The first-order valence-electron chi connectivity index (χ1n) is 7.86. The zero-order valence-corrected chi connectivity index (χ0v) is 14.8. The topological polar surface area (TPSA) is 101 Å². The fourth-order valence-corrected chi connectivity index (χ4v) is 4.11. The molecule has 1 saturated heterocycles. The number of likely N-dealkylation sites (tertiary alicyclic amines) is 1. The Morgan fingerprint density at radius 1 is 1.44 bits per heavy atom. The number of rotatable bonds is 3. The molecule has 3 rings (SSSR count). The summed E-state index contributed by atoms with van der Waals surface area (Å²) in [6, 6.07) is 4.10. The summed E-state index contributed by atoms with van der Waals surface area (Å²) in [5, 5.41) is 0. The molecule has 0 spiro atoms. The van der Waals surface area contributed by atoms with Gasteiger partial charge >= 0.3 is 7.82 Å². The predicted molar refractivity (Wildman–Crippen MR) is 88.0 cm³/mol. The Hall–Kier alpha value is -1.91. The second-order valence-corrected chi connectivity index (χ2v) is 7.88. The lowest BCUT2D eigenvalue weighted by atomic mass is 9.85. The highest BCUT2D eigenvalue weighted by molar-refractivity contribution is 7.46. The average Bonchev–Trinajstić information content (AvgIpc) is 2.92. The van der Waals surface area contributed by atoms with E-state index in [-0.39, 0.29) is 5.91 Å². The average molecular weight is 366 g/mol. The van der Waals surface area contributed by atoms with Gasteiger partial charge in [-0.05, 0) is 32.4 Å². The third kappa shape index (κ3) is 3.42. The van der Waals surface area contributed by atoms with Crippen LogP contribution in [0.1, 0.15) is 38.3 Å². The molecule has 2 aliphatic heterocycles. The summed E-state index contributed by atoms with van der Waals surface area (Å²) in [7, 11) is -4.82. The van der Waals surface area contributed by atoms with Crippen LogP contribution in [0.2, 0.25) is 0 Å². The normalized spacial score (nSPS) is 25.2. The van der Waals surface area contributed by atoms with E-state index in [0.717, 1.165) is 0 Å². The quantitative estimate of drug-likeness (QED) is 0.630. The van der Waals surface area contributed by atoms with Crippen LogP contribution in [-0.2, 0) is 13.9 Å². The van der Waals surface area contributed by atoms with Gasteiger partial charge in [-0.2, -0.15) is 0 Å². The minimum Gasteiger partial charge on any atom is -0.485 e. The standard InChI is InChI=1S/C16H19N2O6P/c1-16(2)15(24-25(20,21)22)14(18-8-4-5-13(18)19)11-9-10(17-3)6-7-12(11)23-16/h6-7,9,14-15H,4-5,8H2,1-2H3,(H2,20,21,22)/t14?,15-/m1/s1.